The fourth-order valence-corrected chi connectivity index (χ4v) is 0.871. The van der Waals surface area contributed by atoms with Crippen LogP contribution in [0.2, 0.25) is 0 Å². The molecule has 3 nitrogen and oxygen atoms in total. The van der Waals surface area contributed by atoms with Gasteiger partial charge in [-0.05, 0) is 18.6 Å². The second kappa shape index (κ2) is 4.35. The molecule has 1 rings (SSSR count). The van der Waals surface area contributed by atoms with Crippen LogP contribution in [0.25, 0.3) is 0 Å². The van der Waals surface area contributed by atoms with E-state index in [1.165, 1.54) is 0 Å². The molecule has 0 radical (unpaired) electrons. The van der Waals surface area contributed by atoms with Crippen molar-refractivity contribution in [3.8, 4) is 6.07 Å². The molecule has 0 fully saturated rings. The Labute approximate surface area is 72.1 Å². The molecule has 0 saturated heterocycles. The van der Waals surface area contributed by atoms with Crippen LogP contribution in [-0.4, -0.2) is 11.5 Å². The molecule has 1 aromatic rings. The van der Waals surface area contributed by atoms with E-state index in [2.05, 4.69) is 17.2 Å². The van der Waals surface area contributed by atoms with E-state index in [-0.39, 0.29) is 0 Å². The third-order valence-electron chi connectivity index (χ3n) is 1.45. The van der Waals surface area contributed by atoms with Crippen LogP contribution in [0, 0.1) is 11.3 Å². The first kappa shape index (κ1) is 8.54. The Balaban J connectivity index is 2.68. The molecule has 0 bridgehead atoms. The Morgan fingerprint density at radius 2 is 2.50 bits per heavy atom. The largest absolute Gasteiger partial charge is 0.385 e. The Morgan fingerprint density at radius 3 is 3.17 bits per heavy atom. The van der Waals surface area contributed by atoms with Gasteiger partial charge in [-0.15, -0.1) is 0 Å². The number of nitriles is 1. The second-order valence-electron chi connectivity index (χ2n) is 2.47. The van der Waals surface area contributed by atoms with Crippen LogP contribution in [-0.2, 0) is 0 Å². The molecule has 0 aromatic carbocycles. The fourth-order valence-electron chi connectivity index (χ4n) is 0.871. The van der Waals surface area contributed by atoms with Gasteiger partial charge in [0.1, 0.15) is 11.8 Å². The van der Waals surface area contributed by atoms with Crippen LogP contribution in [0.5, 0.6) is 0 Å². The van der Waals surface area contributed by atoms with Gasteiger partial charge in [0.2, 0.25) is 0 Å². The van der Waals surface area contributed by atoms with Crippen molar-refractivity contribution in [1.82, 2.24) is 4.98 Å². The Kier molecular flexibility index (Phi) is 3.09. The third kappa shape index (κ3) is 2.24. The summed E-state index contributed by atoms with van der Waals surface area (Å²) < 4.78 is 0. The van der Waals surface area contributed by atoms with E-state index in [0.29, 0.717) is 5.69 Å². The molecule has 0 atom stereocenters. The topological polar surface area (TPSA) is 48.7 Å². The van der Waals surface area contributed by atoms with Gasteiger partial charge in [0.05, 0.1) is 0 Å². The Hall–Kier alpha value is -1.56. The van der Waals surface area contributed by atoms with E-state index in [1.807, 2.05) is 12.1 Å². The van der Waals surface area contributed by atoms with Crippen molar-refractivity contribution in [2.45, 2.75) is 13.3 Å². The molecule has 0 aliphatic heterocycles. The SMILES string of the molecule is CCCNc1ccnc(C#N)c1. The zero-order valence-corrected chi connectivity index (χ0v) is 7.04. The predicted octanol–water partition coefficient (Wildman–Crippen LogP) is 1.78. The van der Waals surface area contributed by atoms with Crippen molar-refractivity contribution in [3.63, 3.8) is 0 Å². The van der Waals surface area contributed by atoms with E-state index >= 15 is 0 Å². The highest BCUT2D eigenvalue weighted by atomic mass is 14.9. The van der Waals surface area contributed by atoms with Crippen molar-refractivity contribution >= 4 is 5.69 Å². The van der Waals surface area contributed by atoms with Gasteiger partial charge in [0.25, 0.3) is 0 Å². The van der Waals surface area contributed by atoms with Crippen molar-refractivity contribution in [2.75, 3.05) is 11.9 Å². The number of anilines is 1. The van der Waals surface area contributed by atoms with Crippen molar-refractivity contribution in [2.24, 2.45) is 0 Å². The van der Waals surface area contributed by atoms with Gasteiger partial charge in [-0.25, -0.2) is 4.98 Å². The highest BCUT2D eigenvalue weighted by molar-refractivity contribution is 5.45. The molecule has 0 aliphatic rings. The molecule has 1 aromatic heterocycles. The van der Waals surface area contributed by atoms with Crippen LogP contribution in [0.4, 0.5) is 5.69 Å². The number of nitrogens with zero attached hydrogens (tertiary/aromatic N) is 2. The monoisotopic (exact) mass is 161 g/mol. The zero-order chi connectivity index (χ0) is 8.81. The Bertz CT molecular complexity index is 288. The van der Waals surface area contributed by atoms with Crippen LogP contribution < -0.4 is 5.32 Å². The van der Waals surface area contributed by atoms with Crippen molar-refractivity contribution < 1.29 is 0 Å². The number of hydrogen-bond acceptors (Lipinski definition) is 3. The van der Waals surface area contributed by atoms with E-state index in [9.17, 15) is 0 Å². The number of nitrogens with one attached hydrogen (secondary N) is 1. The molecular formula is C9H11N3. The summed E-state index contributed by atoms with van der Waals surface area (Å²) in [6.45, 7) is 3.02. The van der Waals surface area contributed by atoms with Gasteiger partial charge in [-0.3, -0.25) is 0 Å². The molecule has 62 valence electrons. The Morgan fingerprint density at radius 1 is 1.67 bits per heavy atom. The lowest BCUT2D eigenvalue weighted by atomic mass is 10.3. The zero-order valence-electron chi connectivity index (χ0n) is 7.04. The molecule has 3 heteroatoms. The smallest absolute Gasteiger partial charge is 0.142 e. The normalized spacial score (nSPS) is 9.00. The average Bonchev–Trinajstić information content (AvgIpc) is 2.15. The molecule has 1 N–H and O–H groups in total. The van der Waals surface area contributed by atoms with Gasteiger partial charge in [-0.1, -0.05) is 6.92 Å². The first-order chi connectivity index (χ1) is 5.86. The molecule has 0 amide bonds. The summed E-state index contributed by atoms with van der Waals surface area (Å²) in [6.07, 6.45) is 2.71. The standard InChI is InChI=1S/C9H11N3/c1-2-4-11-8-3-5-12-9(6-8)7-10/h3,5-6H,2,4H2,1H3,(H,11,12). The highest BCUT2D eigenvalue weighted by Crippen LogP contribution is 2.06. The maximum atomic E-state index is 8.55. The first-order valence-electron chi connectivity index (χ1n) is 3.97. The van der Waals surface area contributed by atoms with Gasteiger partial charge >= 0.3 is 0 Å². The second-order valence-corrected chi connectivity index (χ2v) is 2.47. The van der Waals surface area contributed by atoms with E-state index < -0.39 is 0 Å². The van der Waals surface area contributed by atoms with Crippen molar-refractivity contribution in [3.05, 3.63) is 24.0 Å². The molecule has 12 heavy (non-hydrogen) atoms. The number of hydrogen-bond donors (Lipinski definition) is 1. The predicted molar refractivity (Wildman–Crippen MR) is 47.7 cm³/mol. The number of pyridine rings is 1. The maximum absolute atomic E-state index is 8.55. The first-order valence-corrected chi connectivity index (χ1v) is 3.97. The minimum Gasteiger partial charge on any atom is -0.385 e. The summed E-state index contributed by atoms with van der Waals surface area (Å²) in [7, 11) is 0. The molecule has 0 unspecified atom stereocenters. The van der Waals surface area contributed by atoms with E-state index in [0.717, 1.165) is 18.7 Å². The lowest BCUT2D eigenvalue weighted by Gasteiger charge is -2.02. The van der Waals surface area contributed by atoms with Crippen LogP contribution in [0.3, 0.4) is 0 Å². The molecular weight excluding hydrogens is 150 g/mol. The number of aromatic nitrogens is 1. The van der Waals surface area contributed by atoms with Gasteiger partial charge in [0, 0.05) is 18.4 Å². The summed E-state index contributed by atoms with van der Waals surface area (Å²) in [5.74, 6) is 0. The summed E-state index contributed by atoms with van der Waals surface area (Å²) >= 11 is 0. The maximum Gasteiger partial charge on any atom is 0.142 e. The minimum atomic E-state index is 0.455. The van der Waals surface area contributed by atoms with Crippen LogP contribution >= 0.6 is 0 Å². The molecule has 0 aliphatic carbocycles. The molecule has 1 heterocycles. The van der Waals surface area contributed by atoms with Crippen LogP contribution in [0.15, 0.2) is 18.3 Å². The molecule has 0 spiro atoms. The lowest BCUT2D eigenvalue weighted by Crippen LogP contribution is -1.99. The van der Waals surface area contributed by atoms with Gasteiger partial charge in [0.15, 0.2) is 0 Å². The molecule has 0 saturated carbocycles. The number of rotatable bonds is 3. The third-order valence-corrected chi connectivity index (χ3v) is 1.45. The summed E-state index contributed by atoms with van der Waals surface area (Å²) in [6, 6.07) is 5.60. The van der Waals surface area contributed by atoms with E-state index in [4.69, 9.17) is 5.26 Å². The minimum absolute atomic E-state index is 0.455. The van der Waals surface area contributed by atoms with Crippen LogP contribution in [0.1, 0.15) is 19.0 Å². The average molecular weight is 161 g/mol. The lowest BCUT2D eigenvalue weighted by molar-refractivity contribution is 0.978. The summed E-state index contributed by atoms with van der Waals surface area (Å²) in [4.78, 5) is 3.86. The summed E-state index contributed by atoms with van der Waals surface area (Å²) in [5, 5.41) is 11.7. The van der Waals surface area contributed by atoms with Gasteiger partial charge in [-0.2, -0.15) is 5.26 Å². The van der Waals surface area contributed by atoms with Crippen molar-refractivity contribution in [1.29, 1.82) is 5.26 Å². The highest BCUT2D eigenvalue weighted by Gasteiger charge is 1.93. The fraction of sp³-hybridized carbons (Fsp3) is 0.333. The van der Waals surface area contributed by atoms with Gasteiger partial charge < -0.3 is 5.32 Å². The quantitative estimate of drug-likeness (QED) is 0.735. The van der Waals surface area contributed by atoms with E-state index in [1.54, 1.807) is 12.3 Å². The summed E-state index contributed by atoms with van der Waals surface area (Å²) in [5.41, 5.74) is 1.42.